The zero-order valence-corrected chi connectivity index (χ0v) is 17.6. The molecule has 166 valence electrons. The number of para-hydroxylation sites is 1. The van der Waals surface area contributed by atoms with Crippen molar-refractivity contribution in [3.8, 4) is 11.5 Å². The van der Waals surface area contributed by atoms with E-state index in [0.29, 0.717) is 23.0 Å². The SMILES string of the molecule is O=C(N(Cc1ccc(-c2nnc(C(F)F)o2)cc1F)c1ccccc1)N1CC2CC1CS2. The van der Waals surface area contributed by atoms with Crippen LogP contribution < -0.4 is 4.90 Å². The second kappa shape index (κ2) is 8.50. The summed E-state index contributed by atoms with van der Waals surface area (Å²) in [5.74, 6) is -0.672. The predicted octanol–water partition coefficient (Wildman–Crippen LogP) is 5.13. The van der Waals surface area contributed by atoms with E-state index in [1.807, 2.05) is 47.0 Å². The highest BCUT2D eigenvalue weighted by Crippen LogP contribution is 2.38. The van der Waals surface area contributed by atoms with Gasteiger partial charge in [-0.25, -0.2) is 9.18 Å². The van der Waals surface area contributed by atoms with E-state index < -0.39 is 18.1 Å². The van der Waals surface area contributed by atoms with Gasteiger partial charge in [0.25, 0.3) is 5.89 Å². The van der Waals surface area contributed by atoms with Crippen molar-refractivity contribution in [3.05, 3.63) is 65.8 Å². The maximum absolute atomic E-state index is 15.0. The molecule has 2 saturated heterocycles. The number of thioether (sulfide) groups is 1. The first kappa shape index (κ1) is 20.9. The van der Waals surface area contributed by atoms with Gasteiger partial charge in [-0.2, -0.15) is 20.5 Å². The number of benzene rings is 2. The summed E-state index contributed by atoms with van der Waals surface area (Å²) in [6.45, 7) is 0.727. The smallest absolute Gasteiger partial charge is 0.325 e. The molecule has 0 N–H and O–H groups in total. The first-order valence-electron chi connectivity index (χ1n) is 10.1. The minimum atomic E-state index is -2.90. The molecule has 10 heteroatoms. The fourth-order valence-corrected chi connectivity index (χ4v) is 5.52. The molecule has 2 unspecified atom stereocenters. The number of nitrogens with zero attached hydrogens (tertiary/aromatic N) is 4. The number of urea groups is 1. The van der Waals surface area contributed by atoms with Crippen LogP contribution >= 0.6 is 11.8 Å². The number of likely N-dealkylation sites (tertiary alicyclic amines) is 1. The van der Waals surface area contributed by atoms with Crippen molar-refractivity contribution in [1.82, 2.24) is 15.1 Å². The lowest BCUT2D eigenvalue weighted by Crippen LogP contribution is -2.47. The third-order valence-corrected chi connectivity index (χ3v) is 7.09. The van der Waals surface area contributed by atoms with Crippen LogP contribution in [0.1, 0.15) is 24.3 Å². The van der Waals surface area contributed by atoms with Crippen LogP contribution in [0.15, 0.2) is 52.9 Å². The van der Waals surface area contributed by atoms with Crippen LogP contribution in [-0.2, 0) is 6.54 Å². The molecule has 5 rings (SSSR count). The first-order valence-corrected chi connectivity index (χ1v) is 11.2. The number of alkyl halides is 2. The van der Waals surface area contributed by atoms with Gasteiger partial charge in [-0.3, -0.25) is 4.90 Å². The van der Waals surface area contributed by atoms with Crippen molar-refractivity contribution >= 4 is 23.5 Å². The molecule has 2 atom stereocenters. The fraction of sp³-hybridized carbons (Fsp3) is 0.318. The minimum Gasteiger partial charge on any atom is -0.415 e. The molecule has 0 saturated carbocycles. The Labute approximate surface area is 186 Å². The average Bonchev–Trinajstić information content (AvgIpc) is 3.55. The number of rotatable bonds is 5. The van der Waals surface area contributed by atoms with Crippen molar-refractivity contribution in [2.45, 2.75) is 30.7 Å². The maximum Gasteiger partial charge on any atom is 0.325 e. The zero-order chi connectivity index (χ0) is 22.2. The van der Waals surface area contributed by atoms with Gasteiger partial charge < -0.3 is 9.32 Å². The Bertz CT molecular complexity index is 1130. The van der Waals surface area contributed by atoms with Gasteiger partial charge in [0, 0.05) is 40.4 Å². The maximum atomic E-state index is 15.0. The molecule has 2 aliphatic heterocycles. The normalized spacial score (nSPS) is 19.7. The zero-order valence-electron chi connectivity index (χ0n) is 16.8. The van der Waals surface area contributed by atoms with E-state index in [9.17, 15) is 18.0 Å². The Morgan fingerprint density at radius 1 is 1.22 bits per heavy atom. The quantitative estimate of drug-likeness (QED) is 0.528. The van der Waals surface area contributed by atoms with Gasteiger partial charge in [0.2, 0.25) is 5.89 Å². The van der Waals surface area contributed by atoms with Crippen molar-refractivity contribution in [3.63, 3.8) is 0 Å². The predicted molar refractivity (Wildman–Crippen MR) is 114 cm³/mol. The van der Waals surface area contributed by atoms with Gasteiger partial charge in [0.05, 0.1) is 6.54 Å². The monoisotopic (exact) mass is 460 g/mol. The Morgan fingerprint density at radius 2 is 2.03 bits per heavy atom. The number of anilines is 1. The molecule has 0 radical (unpaired) electrons. The van der Waals surface area contributed by atoms with Crippen LogP contribution in [0.3, 0.4) is 0 Å². The molecule has 2 fully saturated rings. The van der Waals surface area contributed by atoms with Gasteiger partial charge in [0.1, 0.15) is 5.82 Å². The molecule has 1 aromatic heterocycles. The number of carbonyl (C=O) groups is 1. The molecular formula is C22H19F3N4O2S. The van der Waals surface area contributed by atoms with Gasteiger partial charge in [-0.15, -0.1) is 10.2 Å². The van der Waals surface area contributed by atoms with E-state index in [2.05, 4.69) is 10.2 Å². The summed E-state index contributed by atoms with van der Waals surface area (Å²) < 4.78 is 45.3. The highest BCUT2D eigenvalue weighted by molar-refractivity contribution is 8.00. The van der Waals surface area contributed by atoms with E-state index in [4.69, 9.17) is 4.42 Å². The number of hydrogen-bond acceptors (Lipinski definition) is 5. The molecule has 6 nitrogen and oxygen atoms in total. The lowest BCUT2D eigenvalue weighted by Gasteiger charge is -2.33. The Morgan fingerprint density at radius 3 is 2.66 bits per heavy atom. The summed E-state index contributed by atoms with van der Waals surface area (Å²) in [5.41, 5.74) is 1.16. The highest BCUT2D eigenvalue weighted by atomic mass is 32.2. The molecule has 2 amide bonds. The van der Waals surface area contributed by atoms with Gasteiger partial charge in [0.15, 0.2) is 0 Å². The van der Waals surface area contributed by atoms with Crippen molar-refractivity contribution < 1.29 is 22.4 Å². The summed E-state index contributed by atoms with van der Waals surface area (Å²) in [6, 6.07) is 13.4. The molecule has 0 aliphatic carbocycles. The topological polar surface area (TPSA) is 62.5 Å². The summed E-state index contributed by atoms with van der Waals surface area (Å²) >= 11 is 1.89. The van der Waals surface area contributed by atoms with Crippen LogP contribution in [0.5, 0.6) is 0 Å². The summed E-state index contributed by atoms with van der Waals surface area (Å²) in [7, 11) is 0. The largest absolute Gasteiger partial charge is 0.415 e. The molecule has 3 heterocycles. The lowest BCUT2D eigenvalue weighted by molar-refractivity contribution is 0.116. The van der Waals surface area contributed by atoms with E-state index in [1.165, 1.54) is 12.1 Å². The van der Waals surface area contributed by atoms with Gasteiger partial charge >= 0.3 is 12.5 Å². The second-order valence-electron chi connectivity index (χ2n) is 7.75. The third kappa shape index (κ3) is 3.94. The van der Waals surface area contributed by atoms with Gasteiger partial charge in [-0.05, 0) is 30.7 Å². The van der Waals surface area contributed by atoms with Crippen molar-refractivity contribution in [1.29, 1.82) is 0 Å². The fourth-order valence-electron chi connectivity index (χ4n) is 4.08. The van der Waals surface area contributed by atoms with Crippen LogP contribution in [-0.4, -0.2) is 44.7 Å². The molecular weight excluding hydrogens is 441 g/mol. The van der Waals surface area contributed by atoms with Crippen LogP contribution in [0.4, 0.5) is 23.7 Å². The molecule has 2 bridgehead atoms. The second-order valence-corrected chi connectivity index (χ2v) is 9.09. The van der Waals surface area contributed by atoms with Gasteiger partial charge in [-0.1, -0.05) is 24.3 Å². The molecule has 2 aliphatic rings. The summed E-state index contributed by atoms with van der Waals surface area (Å²) in [6.07, 6.45) is -1.91. The number of hydrogen-bond donors (Lipinski definition) is 0. The number of amides is 2. The first-order chi connectivity index (χ1) is 15.5. The van der Waals surface area contributed by atoms with E-state index >= 15 is 0 Å². The van der Waals surface area contributed by atoms with E-state index in [-0.39, 0.29) is 30.1 Å². The van der Waals surface area contributed by atoms with Crippen molar-refractivity contribution in [2.75, 3.05) is 17.2 Å². The van der Waals surface area contributed by atoms with E-state index in [1.54, 1.807) is 4.90 Å². The summed E-state index contributed by atoms with van der Waals surface area (Å²) in [5, 5.41) is 7.28. The minimum absolute atomic E-state index is 0.0299. The third-order valence-electron chi connectivity index (χ3n) is 5.70. The highest BCUT2D eigenvalue weighted by Gasteiger charge is 2.42. The standard InChI is InChI=1S/C22H19F3N4O2S/c23-18-8-13(20-26-27-21(31-20)19(24)25)6-7-14(18)10-28(15-4-2-1-3-5-15)22(30)29-11-17-9-16(29)12-32-17/h1-8,16-17,19H,9-12H2. The van der Waals surface area contributed by atoms with Crippen molar-refractivity contribution in [2.24, 2.45) is 0 Å². The average molecular weight is 460 g/mol. The van der Waals surface area contributed by atoms with Crippen LogP contribution in [0, 0.1) is 5.82 Å². The lowest BCUT2D eigenvalue weighted by atomic mass is 10.1. The number of aromatic nitrogens is 2. The Kier molecular flexibility index (Phi) is 5.54. The molecule has 2 aromatic carbocycles. The number of fused-ring (bicyclic) bond motifs is 2. The van der Waals surface area contributed by atoms with Crippen LogP contribution in [0.25, 0.3) is 11.5 Å². The number of carbonyl (C=O) groups excluding carboxylic acids is 1. The summed E-state index contributed by atoms with van der Waals surface area (Å²) in [4.78, 5) is 16.9. The number of halogens is 3. The molecule has 32 heavy (non-hydrogen) atoms. The Balaban J connectivity index is 1.41. The molecule has 0 spiro atoms. The van der Waals surface area contributed by atoms with Crippen LogP contribution in [0.2, 0.25) is 0 Å². The van der Waals surface area contributed by atoms with E-state index in [0.717, 1.165) is 18.2 Å². The molecule has 3 aromatic rings. The Hall–Kier alpha value is -3.01.